The number of carboxylic acid groups (broad SMARTS) is 2. The summed E-state index contributed by atoms with van der Waals surface area (Å²) in [6.07, 6.45) is 4.66. The SMILES string of the molecule is CC(=O)O.CCC(=O)O.C[C@H]1C[C@H]2[C@@H]3CCC4=CC(=O)C=C[C@]4(C)[C@@]3(F)[C@@H](O)C[C@]2(C)[C@@]1(O)C(=O)CO. The number of allylic oxidation sites excluding steroid dienone is 4. The fraction of sp³-hybridized carbons (Fsp3) is 0.704. The van der Waals surface area contributed by atoms with E-state index in [0.717, 1.165) is 6.92 Å². The van der Waals surface area contributed by atoms with E-state index in [2.05, 4.69) is 0 Å². The maximum atomic E-state index is 16.9. The zero-order valence-electron chi connectivity index (χ0n) is 22.0. The van der Waals surface area contributed by atoms with Gasteiger partial charge in [-0.1, -0.05) is 32.4 Å². The summed E-state index contributed by atoms with van der Waals surface area (Å²) in [6.45, 7) is 7.16. The first kappa shape index (κ1) is 30.8. The molecule has 0 saturated heterocycles. The van der Waals surface area contributed by atoms with Crippen molar-refractivity contribution in [3.8, 4) is 0 Å². The zero-order valence-corrected chi connectivity index (χ0v) is 22.0. The molecule has 4 aliphatic rings. The van der Waals surface area contributed by atoms with Crippen LogP contribution < -0.4 is 0 Å². The Bertz CT molecular complexity index is 1000. The molecule has 3 fully saturated rings. The highest BCUT2D eigenvalue weighted by Gasteiger charge is 2.75. The second-order valence-corrected chi connectivity index (χ2v) is 11.0. The lowest BCUT2D eigenvalue weighted by Crippen LogP contribution is -2.69. The summed E-state index contributed by atoms with van der Waals surface area (Å²) in [5.74, 6) is -3.70. The lowest BCUT2D eigenvalue weighted by atomic mass is 9.44. The van der Waals surface area contributed by atoms with Crippen LogP contribution in [0.3, 0.4) is 0 Å². The Labute approximate surface area is 216 Å². The summed E-state index contributed by atoms with van der Waals surface area (Å²) in [5, 5.41) is 47.1. The summed E-state index contributed by atoms with van der Waals surface area (Å²) < 4.78 is 16.9. The van der Waals surface area contributed by atoms with E-state index in [9.17, 15) is 29.7 Å². The van der Waals surface area contributed by atoms with Crippen LogP contribution in [-0.4, -0.2) is 73.0 Å². The van der Waals surface area contributed by atoms with Crippen LogP contribution in [0.2, 0.25) is 0 Å². The molecular formula is C27H39FO9. The predicted molar refractivity (Wildman–Crippen MR) is 131 cm³/mol. The predicted octanol–water partition coefficient (Wildman–Crippen LogP) is 2.47. The highest BCUT2D eigenvalue weighted by molar-refractivity contribution is 6.01. The minimum atomic E-state index is -1.98. The molecule has 0 aromatic rings. The van der Waals surface area contributed by atoms with Gasteiger partial charge in [-0.15, -0.1) is 0 Å². The Morgan fingerprint density at radius 1 is 1.16 bits per heavy atom. The smallest absolute Gasteiger partial charge is 0.303 e. The normalized spacial score (nSPS) is 41.4. The minimum absolute atomic E-state index is 0.0676. The molecular weight excluding hydrogens is 487 g/mol. The monoisotopic (exact) mass is 526 g/mol. The van der Waals surface area contributed by atoms with Gasteiger partial charge in [0.15, 0.2) is 17.2 Å². The van der Waals surface area contributed by atoms with Crippen LogP contribution >= 0.6 is 0 Å². The van der Waals surface area contributed by atoms with Gasteiger partial charge >= 0.3 is 5.97 Å². The molecule has 3 saturated carbocycles. The zero-order chi connectivity index (χ0) is 28.6. The van der Waals surface area contributed by atoms with Gasteiger partial charge < -0.3 is 25.5 Å². The number of carbonyl (C=O) groups excluding carboxylic acids is 2. The topological polar surface area (TPSA) is 169 Å². The number of fused-ring (bicyclic) bond motifs is 5. The Morgan fingerprint density at radius 2 is 1.70 bits per heavy atom. The van der Waals surface area contributed by atoms with Crippen molar-refractivity contribution in [3.05, 3.63) is 23.8 Å². The van der Waals surface area contributed by atoms with Crippen LogP contribution in [0.5, 0.6) is 0 Å². The van der Waals surface area contributed by atoms with Crippen LogP contribution in [0.25, 0.3) is 0 Å². The number of hydrogen-bond donors (Lipinski definition) is 5. The third-order valence-corrected chi connectivity index (χ3v) is 9.09. The van der Waals surface area contributed by atoms with Crippen molar-refractivity contribution in [2.24, 2.45) is 28.6 Å². The quantitative estimate of drug-likeness (QED) is 0.371. The number of carbonyl (C=O) groups is 4. The fourth-order valence-corrected chi connectivity index (χ4v) is 7.26. The van der Waals surface area contributed by atoms with E-state index >= 15 is 4.39 Å². The number of carboxylic acids is 2. The number of aliphatic hydroxyl groups excluding tert-OH is 2. The van der Waals surface area contributed by atoms with E-state index in [-0.39, 0.29) is 24.5 Å². The van der Waals surface area contributed by atoms with E-state index in [0.29, 0.717) is 24.8 Å². The van der Waals surface area contributed by atoms with Crippen LogP contribution in [0.15, 0.2) is 23.8 Å². The molecule has 0 radical (unpaired) electrons. The second kappa shape index (κ2) is 10.7. The molecule has 0 bridgehead atoms. The van der Waals surface area contributed by atoms with Crippen molar-refractivity contribution in [2.45, 2.75) is 84.1 Å². The molecule has 0 unspecified atom stereocenters. The first-order valence-electron chi connectivity index (χ1n) is 12.6. The van der Waals surface area contributed by atoms with Crippen molar-refractivity contribution in [2.75, 3.05) is 6.61 Å². The molecule has 0 aromatic heterocycles. The standard InChI is InChI=1S/C22H29FO5.C3H6O2.C2H4O2/c1-12-8-16-15-5-4-13-9-14(25)6-7-19(13,2)21(15,23)17(26)10-20(16,3)22(12,28)18(27)11-24;1-2-3(4)5;1-2(3)4/h6-7,9,12,15-17,24,26,28H,4-5,8,10-11H2,1-3H3;2H2,1H3,(H,4,5);1H3,(H,3,4)/t12-,15-,16-,17-,19-,20-,21-,22-;;/m0../s1. The maximum absolute atomic E-state index is 16.9. The van der Waals surface area contributed by atoms with E-state index < -0.39 is 64.4 Å². The van der Waals surface area contributed by atoms with Gasteiger partial charge in [0.25, 0.3) is 5.97 Å². The van der Waals surface area contributed by atoms with Gasteiger partial charge in [-0.3, -0.25) is 19.2 Å². The lowest BCUT2D eigenvalue weighted by molar-refractivity contribution is -0.219. The summed E-state index contributed by atoms with van der Waals surface area (Å²) in [4.78, 5) is 42.7. The Kier molecular flexibility index (Phi) is 8.94. The van der Waals surface area contributed by atoms with E-state index in [4.69, 9.17) is 15.0 Å². The fourth-order valence-electron chi connectivity index (χ4n) is 7.26. The van der Waals surface area contributed by atoms with Crippen molar-refractivity contribution in [1.29, 1.82) is 0 Å². The van der Waals surface area contributed by atoms with Gasteiger partial charge in [0.05, 0.1) is 6.10 Å². The highest BCUT2D eigenvalue weighted by Crippen LogP contribution is 2.70. The Morgan fingerprint density at radius 3 is 2.19 bits per heavy atom. The third kappa shape index (κ3) is 4.79. The number of ketones is 2. The molecule has 208 valence electrons. The molecule has 0 aliphatic heterocycles. The van der Waals surface area contributed by atoms with Crippen molar-refractivity contribution in [3.63, 3.8) is 0 Å². The van der Waals surface area contributed by atoms with Crippen LogP contribution in [0.4, 0.5) is 4.39 Å². The molecule has 4 aliphatic carbocycles. The molecule has 0 spiro atoms. The first-order chi connectivity index (χ1) is 17.0. The average molecular weight is 527 g/mol. The summed E-state index contributed by atoms with van der Waals surface area (Å²) in [5.41, 5.74) is -5.17. The second-order valence-electron chi connectivity index (χ2n) is 11.0. The molecule has 37 heavy (non-hydrogen) atoms. The van der Waals surface area contributed by atoms with Crippen molar-refractivity contribution in [1.82, 2.24) is 0 Å². The highest BCUT2D eigenvalue weighted by atomic mass is 19.1. The van der Waals surface area contributed by atoms with E-state index in [1.807, 2.05) is 0 Å². The van der Waals surface area contributed by atoms with Crippen molar-refractivity contribution < 1.29 is 49.1 Å². The average Bonchev–Trinajstić information content (AvgIpc) is 3.01. The first-order valence-corrected chi connectivity index (χ1v) is 12.6. The molecule has 4 rings (SSSR count). The Hall–Kier alpha value is -2.43. The van der Waals surface area contributed by atoms with Gasteiger partial charge in [-0.2, -0.15) is 0 Å². The number of hydrogen-bond acceptors (Lipinski definition) is 7. The molecule has 10 heteroatoms. The number of Topliss-reactive ketones (excluding diaryl/α,β-unsaturated/α-hetero) is 1. The van der Waals surface area contributed by atoms with Crippen LogP contribution in [0, 0.1) is 28.6 Å². The van der Waals surface area contributed by atoms with Crippen molar-refractivity contribution >= 4 is 23.5 Å². The van der Waals surface area contributed by atoms with Gasteiger partial charge in [0.2, 0.25) is 0 Å². The van der Waals surface area contributed by atoms with Gasteiger partial charge in [-0.05, 0) is 56.6 Å². The Balaban J connectivity index is 0.000000464. The van der Waals surface area contributed by atoms with Gasteiger partial charge in [0.1, 0.15) is 12.2 Å². The molecule has 5 N–H and O–H groups in total. The number of alkyl halides is 1. The summed E-state index contributed by atoms with van der Waals surface area (Å²) >= 11 is 0. The summed E-state index contributed by atoms with van der Waals surface area (Å²) in [6, 6.07) is 0. The molecule has 0 aromatic carbocycles. The molecule has 0 amide bonds. The number of aliphatic carboxylic acids is 2. The van der Waals surface area contributed by atoms with Crippen LogP contribution in [-0.2, 0) is 19.2 Å². The van der Waals surface area contributed by atoms with Gasteiger partial charge in [0, 0.05) is 30.1 Å². The molecule has 8 atom stereocenters. The summed E-state index contributed by atoms with van der Waals surface area (Å²) in [7, 11) is 0. The van der Waals surface area contributed by atoms with Crippen LogP contribution in [0.1, 0.15) is 66.7 Å². The largest absolute Gasteiger partial charge is 0.481 e. The maximum Gasteiger partial charge on any atom is 0.303 e. The molecule has 9 nitrogen and oxygen atoms in total. The lowest BCUT2D eigenvalue weighted by Gasteiger charge is -2.62. The molecule has 0 heterocycles. The van der Waals surface area contributed by atoms with E-state index in [1.54, 1.807) is 33.8 Å². The van der Waals surface area contributed by atoms with E-state index in [1.165, 1.54) is 12.2 Å². The minimum Gasteiger partial charge on any atom is -0.481 e. The number of rotatable bonds is 3. The number of aliphatic hydroxyl groups is 3. The van der Waals surface area contributed by atoms with Gasteiger partial charge in [-0.25, -0.2) is 4.39 Å². The third-order valence-electron chi connectivity index (χ3n) is 9.09. The number of halogens is 1.